The summed E-state index contributed by atoms with van der Waals surface area (Å²) in [7, 11) is 0. The summed E-state index contributed by atoms with van der Waals surface area (Å²) in [5, 5.41) is 12.3. The van der Waals surface area contributed by atoms with E-state index in [1.54, 1.807) is 13.8 Å². The zero-order valence-electron chi connectivity index (χ0n) is 17.8. The van der Waals surface area contributed by atoms with Gasteiger partial charge < -0.3 is 4.74 Å². The van der Waals surface area contributed by atoms with Crippen LogP contribution in [0.25, 0.3) is 10.9 Å². The molecule has 0 saturated carbocycles. The molecular weight excluding hydrogens is 414 g/mol. The SMILES string of the molecule is CCCN1CCc2nc3ccccc3c(C(=O)OC(C)C(=O)Nc3nnc(C)s3)c2C1. The first-order chi connectivity index (χ1) is 15.0. The molecule has 0 radical (unpaired) electrons. The lowest BCUT2D eigenvalue weighted by atomic mass is 9.95. The van der Waals surface area contributed by atoms with Crippen molar-refractivity contribution >= 4 is 39.2 Å². The number of benzene rings is 1. The molecule has 1 amide bonds. The Morgan fingerprint density at radius 1 is 1.29 bits per heavy atom. The summed E-state index contributed by atoms with van der Waals surface area (Å²) in [6.07, 6.45) is 0.847. The van der Waals surface area contributed by atoms with Gasteiger partial charge in [-0.25, -0.2) is 4.79 Å². The number of esters is 1. The van der Waals surface area contributed by atoms with Crippen molar-refractivity contribution in [1.29, 1.82) is 0 Å². The van der Waals surface area contributed by atoms with E-state index in [1.807, 2.05) is 24.3 Å². The Balaban J connectivity index is 1.62. The third-order valence-electron chi connectivity index (χ3n) is 5.28. The van der Waals surface area contributed by atoms with Crippen molar-refractivity contribution in [2.45, 2.75) is 46.3 Å². The van der Waals surface area contributed by atoms with Gasteiger partial charge in [-0.05, 0) is 32.9 Å². The molecular formula is C22H25N5O3S. The second kappa shape index (κ2) is 9.07. The number of hydrogen-bond acceptors (Lipinski definition) is 8. The smallest absolute Gasteiger partial charge is 0.339 e. The van der Waals surface area contributed by atoms with Crippen LogP contribution < -0.4 is 5.32 Å². The standard InChI is InChI=1S/C22H25N5O3S/c1-4-10-27-11-9-18-16(12-27)19(15-7-5-6-8-17(15)23-18)21(29)30-13(2)20(28)24-22-26-25-14(3)31-22/h5-8,13H,4,9-12H2,1-3H3,(H,24,26,28). The third-order valence-corrected chi connectivity index (χ3v) is 6.03. The summed E-state index contributed by atoms with van der Waals surface area (Å²) in [6, 6.07) is 7.57. The topological polar surface area (TPSA) is 97.3 Å². The summed E-state index contributed by atoms with van der Waals surface area (Å²) in [5.41, 5.74) is 3.10. The number of aryl methyl sites for hydroxylation is 1. The molecule has 0 spiro atoms. The molecule has 1 unspecified atom stereocenters. The minimum Gasteiger partial charge on any atom is -0.449 e. The lowest BCUT2D eigenvalue weighted by Gasteiger charge is -2.29. The minimum atomic E-state index is -0.977. The molecule has 0 bridgehead atoms. The number of aromatic nitrogens is 3. The molecule has 31 heavy (non-hydrogen) atoms. The molecule has 3 heterocycles. The second-order valence-electron chi connectivity index (χ2n) is 7.62. The minimum absolute atomic E-state index is 0.382. The van der Waals surface area contributed by atoms with Crippen LogP contribution in [0.2, 0.25) is 0 Å². The number of pyridine rings is 1. The van der Waals surface area contributed by atoms with Crippen molar-refractivity contribution in [1.82, 2.24) is 20.1 Å². The normalized spacial score (nSPS) is 14.8. The molecule has 3 aromatic rings. The maximum atomic E-state index is 13.3. The number of carbonyl (C=O) groups is 2. The van der Waals surface area contributed by atoms with Gasteiger partial charge in [-0.1, -0.05) is 36.5 Å². The van der Waals surface area contributed by atoms with E-state index in [0.717, 1.165) is 53.1 Å². The van der Waals surface area contributed by atoms with Gasteiger partial charge in [0.15, 0.2) is 6.10 Å². The van der Waals surface area contributed by atoms with Gasteiger partial charge in [-0.15, -0.1) is 10.2 Å². The van der Waals surface area contributed by atoms with E-state index >= 15 is 0 Å². The highest BCUT2D eigenvalue weighted by molar-refractivity contribution is 7.15. The largest absolute Gasteiger partial charge is 0.449 e. The highest BCUT2D eigenvalue weighted by atomic mass is 32.1. The predicted molar refractivity (Wildman–Crippen MR) is 119 cm³/mol. The molecule has 0 fully saturated rings. The van der Waals surface area contributed by atoms with Crippen molar-refractivity contribution < 1.29 is 14.3 Å². The van der Waals surface area contributed by atoms with Gasteiger partial charge in [0.1, 0.15) is 5.01 Å². The van der Waals surface area contributed by atoms with Crippen LogP contribution in [0.4, 0.5) is 5.13 Å². The van der Waals surface area contributed by atoms with E-state index in [4.69, 9.17) is 9.72 Å². The number of hydrogen-bond donors (Lipinski definition) is 1. The van der Waals surface area contributed by atoms with Crippen LogP contribution in [0.15, 0.2) is 24.3 Å². The number of ether oxygens (including phenoxy) is 1. The number of anilines is 1. The van der Waals surface area contributed by atoms with E-state index in [9.17, 15) is 9.59 Å². The Morgan fingerprint density at radius 2 is 2.10 bits per heavy atom. The monoisotopic (exact) mass is 439 g/mol. The summed E-state index contributed by atoms with van der Waals surface area (Å²) in [6.45, 7) is 8.03. The summed E-state index contributed by atoms with van der Waals surface area (Å²) >= 11 is 1.27. The van der Waals surface area contributed by atoms with Crippen LogP contribution in [0, 0.1) is 6.92 Å². The van der Waals surface area contributed by atoms with Crippen molar-refractivity contribution in [2.24, 2.45) is 0 Å². The lowest BCUT2D eigenvalue weighted by molar-refractivity contribution is -0.123. The number of rotatable bonds is 6. The Bertz CT molecular complexity index is 1130. The van der Waals surface area contributed by atoms with Crippen LogP contribution >= 0.6 is 11.3 Å². The van der Waals surface area contributed by atoms with Crippen LogP contribution in [0.1, 0.15) is 46.9 Å². The maximum absolute atomic E-state index is 13.3. The molecule has 1 aromatic carbocycles. The third kappa shape index (κ3) is 4.57. The second-order valence-corrected chi connectivity index (χ2v) is 8.80. The Labute approximate surface area is 184 Å². The Hall–Kier alpha value is -2.91. The molecule has 8 nitrogen and oxygen atoms in total. The fourth-order valence-corrected chi connectivity index (χ4v) is 4.41. The molecule has 162 valence electrons. The van der Waals surface area contributed by atoms with Crippen molar-refractivity contribution in [3.8, 4) is 0 Å². The van der Waals surface area contributed by atoms with Gasteiger partial charge in [-0.2, -0.15) is 0 Å². The van der Waals surface area contributed by atoms with Gasteiger partial charge in [0.2, 0.25) is 5.13 Å². The fourth-order valence-electron chi connectivity index (χ4n) is 3.81. The number of para-hydroxylation sites is 1. The van der Waals surface area contributed by atoms with Gasteiger partial charge in [0.25, 0.3) is 5.91 Å². The van der Waals surface area contributed by atoms with E-state index in [2.05, 4.69) is 27.3 Å². The van der Waals surface area contributed by atoms with Gasteiger partial charge in [0.05, 0.1) is 11.1 Å². The van der Waals surface area contributed by atoms with Gasteiger partial charge >= 0.3 is 5.97 Å². The number of nitrogens with zero attached hydrogens (tertiary/aromatic N) is 4. The van der Waals surface area contributed by atoms with Crippen LogP contribution in [0.5, 0.6) is 0 Å². The molecule has 1 atom stereocenters. The zero-order valence-corrected chi connectivity index (χ0v) is 18.7. The highest BCUT2D eigenvalue weighted by Crippen LogP contribution is 2.29. The van der Waals surface area contributed by atoms with Crippen molar-refractivity contribution in [2.75, 3.05) is 18.4 Å². The molecule has 1 aliphatic rings. The quantitative estimate of drug-likeness (QED) is 0.588. The Kier molecular flexibility index (Phi) is 6.24. The first kappa shape index (κ1) is 21.3. The molecule has 4 rings (SSSR count). The number of amides is 1. The van der Waals surface area contributed by atoms with E-state index in [0.29, 0.717) is 17.2 Å². The van der Waals surface area contributed by atoms with Crippen molar-refractivity contribution in [3.05, 3.63) is 46.1 Å². The number of nitrogens with one attached hydrogen (secondary N) is 1. The average molecular weight is 440 g/mol. The maximum Gasteiger partial charge on any atom is 0.339 e. The molecule has 1 aliphatic heterocycles. The fraction of sp³-hybridized carbons (Fsp3) is 0.409. The summed E-state index contributed by atoms with van der Waals surface area (Å²) in [4.78, 5) is 32.9. The van der Waals surface area contributed by atoms with Crippen LogP contribution in [-0.4, -0.2) is 51.2 Å². The predicted octanol–water partition coefficient (Wildman–Crippen LogP) is 3.35. The highest BCUT2D eigenvalue weighted by Gasteiger charge is 2.28. The summed E-state index contributed by atoms with van der Waals surface area (Å²) in [5.74, 6) is -0.950. The molecule has 1 N–H and O–H groups in total. The molecule has 2 aromatic heterocycles. The van der Waals surface area contributed by atoms with E-state index < -0.39 is 18.0 Å². The van der Waals surface area contributed by atoms with Gasteiger partial charge in [-0.3, -0.25) is 20.0 Å². The first-order valence-corrected chi connectivity index (χ1v) is 11.2. The van der Waals surface area contributed by atoms with Crippen LogP contribution in [0.3, 0.4) is 0 Å². The van der Waals surface area contributed by atoms with Crippen LogP contribution in [-0.2, 0) is 22.5 Å². The Morgan fingerprint density at radius 3 is 2.84 bits per heavy atom. The summed E-state index contributed by atoms with van der Waals surface area (Å²) < 4.78 is 5.61. The molecule has 0 saturated heterocycles. The van der Waals surface area contributed by atoms with Gasteiger partial charge in [0, 0.05) is 36.2 Å². The average Bonchev–Trinajstić information content (AvgIpc) is 3.16. The molecule has 9 heteroatoms. The number of carbonyl (C=O) groups excluding carboxylic acids is 2. The zero-order chi connectivity index (χ0) is 22.0. The molecule has 0 aliphatic carbocycles. The number of fused-ring (bicyclic) bond motifs is 2. The van der Waals surface area contributed by atoms with E-state index in [1.165, 1.54) is 11.3 Å². The van der Waals surface area contributed by atoms with E-state index in [-0.39, 0.29) is 0 Å². The first-order valence-electron chi connectivity index (χ1n) is 10.4. The van der Waals surface area contributed by atoms with Crippen molar-refractivity contribution in [3.63, 3.8) is 0 Å². The lowest BCUT2D eigenvalue weighted by Crippen LogP contribution is -2.34.